The molecule has 1 atom stereocenters. The largest absolute Gasteiger partial charge is 0.461 e. The summed E-state index contributed by atoms with van der Waals surface area (Å²) >= 11 is 0. The fraction of sp³-hybridized carbons (Fsp3) is 0.400. The molecule has 208 valence electrons. The lowest BCUT2D eigenvalue weighted by molar-refractivity contribution is -0.153. The van der Waals surface area contributed by atoms with Crippen LogP contribution in [0.5, 0.6) is 0 Å². The minimum Gasteiger partial charge on any atom is -0.461 e. The predicted octanol–water partition coefficient (Wildman–Crippen LogP) is 3.59. The van der Waals surface area contributed by atoms with E-state index < -0.39 is 35.3 Å². The molecule has 0 aromatic heterocycles. The van der Waals surface area contributed by atoms with Crippen LogP contribution >= 0.6 is 0 Å². The summed E-state index contributed by atoms with van der Waals surface area (Å²) in [5.74, 6) is -1.54. The molecule has 3 amide bonds. The Labute approximate surface area is 229 Å². The summed E-state index contributed by atoms with van der Waals surface area (Å²) in [7, 11) is 4.56. The third-order valence-electron chi connectivity index (χ3n) is 6.83. The van der Waals surface area contributed by atoms with Crippen molar-refractivity contribution in [2.45, 2.75) is 32.2 Å². The van der Waals surface area contributed by atoms with Crippen LogP contribution in [0.2, 0.25) is 0 Å². The Morgan fingerprint density at radius 3 is 2.08 bits per heavy atom. The molecule has 9 heteroatoms. The molecule has 2 aromatic rings. The lowest BCUT2D eigenvalue weighted by Gasteiger charge is -2.34. The summed E-state index contributed by atoms with van der Waals surface area (Å²) in [6, 6.07) is 15.1. The molecule has 1 unspecified atom stereocenters. The van der Waals surface area contributed by atoms with Crippen molar-refractivity contribution in [1.29, 1.82) is 0 Å². The summed E-state index contributed by atoms with van der Waals surface area (Å²) in [5.41, 5.74) is 3.38. The number of likely N-dealkylation sites (N-methyl/N-ethyl adjacent to an activating group) is 2. The quantitative estimate of drug-likeness (QED) is 0.348. The molecule has 0 aliphatic heterocycles. The van der Waals surface area contributed by atoms with Crippen molar-refractivity contribution in [1.82, 2.24) is 15.1 Å². The first kappa shape index (κ1) is 29.4. The van der Waals surface area contributed by atoms with Gasteiger partial charge in [-0.1, -0.05) is 61.2 Å². The Bertz CT molecular complexity index is 1190. The van der Waals surface area contributed by atoms with Crippen LogP contribution in [0.25, 0.3) is 11.1 Å². The zero-order valence-corrected chi connectivity index (χ0v) is 23.2. The number of rotatable bonds is 11. The number of nitrogens with one attached hydrogen (secondary N) is 1. The van der Waals surface area contributed by atoms with Crippen molar-refractivity contribution >= 4 is 23.9 Å². The number of carbonyl (C=O) groups is 4. The summed E-state index contributed by atoms with van der Waals surface area (Å²) < 4.78 is 10.6. The monoisotopic (exact) mass is 535 g/mol. The van der Waals surface area contributed by atoms with Gasteiger partial charge in [0, 0.05) is 33.6 Å². The molecule has 1 aliphatic rings. The first-order valence-corrected chi connectivity index (χ1v) is 12.8. The number of nitrogens with zero attached hydrogens (tertiary/aromatic N) is 2. The van der Waals surface area contributed by atoms with Crippen molar-refractivity contribution in [3.8, 4) is 11.1 Å². The summed E-state index contributed by atoms with van der Waals surface area (Å²) in [6.07, 6.45) is 0.477. The Balaban J connectivity index is 1.61. The van der Waals surface area contributed by atoms with Crippen LogP contribution in [0, 0.1) is 5.41 Å². The van der Waals surface area contributed by atoms with Gasteiger partial charge in [-0.05, 0) is 36.1 Å². The second kappa shape index (κ2) is 12.6. The molecule has 3 rings (SSSR count). The number of fused-ring (bicyclic) bond motifs is 3. The van der Waals surface area contributed by atoms with Gasteiger partial charge in [0.1, 0.15) is 19.3 Å². The molecule has 1 aliphatic carbocycles. The van der Waals surface area contributed by atoms with Gasteiger partial charge in [-0.2, -0.15) is 0 Å². The van der Waals surface area contributed by atoms with Crippen molar-refractivity contribution in [3.63, 3.8) is 0 Å². The van der Waals surface area contributed by atoms with E-state index in [0.29, 0.717) is 0 Å². The van der Waals surface area contributed by atoms with Gasteiger partial charge in [0.25, 0.3) is 0 Å². The van der Waals surface area contributed by atoms with Gasteiger partial charge < -0.3 is 24.6 Å². The predicted molar refractivity (Wildman–Crippen MR) is 148 cm³/mol. The second-order valence-electron chi connectivity index (χ2n) is 10.4. The Kier molecular flexibility index (Phi) is 9.51. The highest BCUT2D eigenvalue weighted by Gasteiger charge is 2.38. The standard InChI is InChI=1S/C30H37N3O6/c1-7-16-38-26(34)17-25(27(35)32(4)5)33(6)28(36)30(2,3)19-31-29(37)39-18-24-22-14-10-8-12-20(22)21-13-9-11-15-23(21)24/h7-15,24-25H,1,16-19H2,2-6H3,(H,31,37). The van der Waals surface area contributed by atoms with Gasteiger partial charge >= 0.3 is 12.1 Å². The molecular weight excluding hydrogens is 498 g/mol. The number of hydrogen-bond acceptors (Lipinski definition) is 6. The van der Waals surface area contributed by atoms with E-state index in [1.165, 1.54) is 22.9 Å². The maximum absolute atomic E-state index is 13.4. The minimum atomic E-state index is -1.09. The molecule has 0 saturated heterocycles. The zero-order chi connectivity index (χ0) is 28.7. The van der Waals surface area contributed by atoms with Crippen LogP contribution in [0.15, 0.2) is 61.2 Å². The van der Waals surface area contributed by atoms with E-state index in [4.69, 9.17) is 9.47 Å². The smallest absolute Gasteiger partial charge is 0.407 e. The molecule has 0 radical (unpaired) electrons. The summed E-state index contributed by atoms with van der Waals surface area (Å²) in [4.78, 5) is 53.6. The molecule has 0 heterocycles. The van der Waals surface area contributed by atoms with Crippen LogP contribution in [0.1, 0.15) is 37.3 Å². The van der Waals surface area contributed by atoms with Gasteiger partial charge in [0.05, 0.1) is 11.8 Å². The van der Waals surface area contributed by atoms with Crippen molar-refractivity contribution in [3.05, 3.63) is 72.3 Å². The van der Waals surface area contributed by atoms with E-state index in [1.807, 2.05) is 36.4 Å². The van der Waals surface area contributed by atoms with Gasteiger partial charge in [0.2, 0.25) is 11.8 Å². The van der Waals surface area contributed by atoms with Crippen LogP contribution in [0.4, 0.5) is 4.79 Å². The molecule has 1 N–H and O–H groups in total. The van der Waals surface area contributed by atoms with E-state index in [9.17, 15) is 19.2 Å². The number of benzene rings is 2. The highest BCUT2D eigenvalue weighted by atomic mass is 16.5. The molecule has 39 heavy (non-hydrogen) atoms. The van der Waals surface area contributed by atoms with Gasteiger partial charge in [-0.3, -0.25) is 14.4 Å². The number of ether oxygens (including phenoxy) is 2. The maximum atomic E-state index is 13.4. The Morgan fingerprint density at radius 2 is 1.54 bits per heavy atom. The SMILES string of the molecule is C=CCOC(=O)CC(C(=O)N(C)C)N(C)C(=O)C(C)(C)CNC(=O)OCC1c2ccccc2-c2ccccc21. The van der Waals surface area contributed by atoms with E-state index in [-0.39, 0.29) is 32.1 Å². The van der Waals surface area contributed by atoms with Crippen LogP contribution in [0.3, 0.4) is 0 Å². The average Bonchev–Trinajstić information content (AvgIpc) is 3.24. The topological polar surface area (TPSA) is 105 Å². The fourth-order valence-corrected chi connectivity index (χ4v) is 4.69. The van der Waals surface area contributed by atoms with Crippen molar-refractivity contribution in [2.24, 2.45) is 5.41 Å². The average molecular weight is 536 g/mol. The number of alkyl carbamates (subject to hydrolysis) is 1. The highest BCUT2D eigenvalue weighted by Crippen LogP contribution is 2.44. The fourth-order valence-electron chi connectivity index (χ4n) is 4.69. The second-order valence-corrected chi connectivity index (χ2v) is 10.4. The van der Waals surface area contributed by atoms with Gasteiger partial charge in [0.15, 0.2) is 0 Å². The lowest BCUT2D eigenvalue weighted by atomic mass is 9.90. The van der Waals surface area contributed by atoms with E-state index in [0.717, 1.165) is 22.3 Å². The maximum Gasteiger partial charge on any atom is 0.407 e. The molecule has 0 saturated carbocycles. The van der Waals surface area contributed by atoms with Crippen LogP contribution in [-0.4, -0.2) is 80.6 Å². The van der Waals surface area contributed by atoms with Crippen LogP contribution < -0.4 is 5.32 Å². The van der Waals surface area contributed by atoms with Gasteiger partial charge in [-0.15, -0.1) is 0 Å². The third kappa shape index (κ3) is 6.85. The lowest BCUT2D eigenvalue weighted by Crippen LogP contribution is -2.54. The van der Waals surface area contributed by atoms with Crippen LogP contribution in [-0.2, 0) is 23.9 Å². The Morgan fingerprint density at radius 1 is 0.974 bits per heavy atom. The molecule has 0 bridgehead atoms. The minimum absolute atomic E-state index is 0.00885. The molecule has 0 fully saturated rings. The molecule has 9 nitrogen and oxygen atoms in total. The van der Waals surface area contributed by atoms with E-state index in [2.05, 4.69) is 24.0 Å². The summed E-state index contributed by atoms with van der Waals surface area (Å²) in [6.45, 7) is 6.94. The number of carbonyl (C=O) groups excluding carboxylic acids is 4. The molecule has 2 aromatic carbocycles. The number of amides is 3. The van der Waals surface area contributed by atoms with E-state index >= 15 is 0 Å². The van der Waals surface area contributed by atoms with Crippen molar-refractivity contribution < 1.29 is 28.7 Å². The normalized spacial score (nSPS) is 12.9. The number of esters is 1. The van der Waals surface area contributed by atoms with Crippen molar-refractivity contribution in [2.75, 3.05) is 40.9 Å². The number of hydrogen-bond donors (Lipinski definition) is 1. The highest BCUT2D eigenvalue weighted by molar-refractivity contribution is 5.92. The summed E-state index contributed by atoms with van der Waals surface area (Å²) in [5, 5.41) is 2.68. The molecule has 0 spiro atoms. The first-order chi connectivity index (χ1) is 18.5. The van der Waals surface area contributed by atoms with E-state index in [1.54, 1.807) is 27.9 Å². The third-order valence-corrected chi connectivity index (χ3v) is 6.83. The molecular formula is C30H37N3O6. The Hall–Kier alpha value is -4.14. The zero-order valence-electron chi connectivity index (χ0n) is 23.2. The van der Waals surface area contributed by atoms with Gasteiger partial charge in [-0.25, -0.2) is 4.79 Å². The first-order valence-electron chi connectivity index (χ1n) is 12.8.